The summed E-state index contributed by atoms with van der Waals surface area (Å²) in [6, 6.07) is 0. The molecule has 0 N–H and O–H groups in total. The summed E-state index contributed by atoms with van der Waals surface area (Å²) in [5.41, 5.74) is -0.297. The van der Waals surface area contributed by atoms with Gasteiger partial charge in [-0.25, -0.2) is 4.39 Å². The molecule has 0 saturated heterocycles. The van der Waals surface area contributed by atoms with Crippen molar-refractivity contribution in [2.45, 2.75) is 12.5 Å². The average Bonchev–Trinajstić information content (AvgIpc) is 1.87. The van der Waals surface area contributed by atoms with Gasteiger partial charge in [0.05, 0.1) is 19.8 Å². The third-order valence-corrected chi connectivity index (χ3v) is 0.923. The van der Waals surface area contributed by atoms with Crippen LogP contribution in [0.25, 0.3) is 0 Å². The molecule has 0 rings (SSSR count). The first-order chi connectivity index (χ1) is 4.77. The Morgan fingerprint density at radius 3 is 2.60 bits per heavy atom. The SMILES string of the molecule is CC(Cl)OCCOCCF. The molecule has 0 aromatic rings. The fourth-order valence-corrected chi connectivity index (χ4v) is 0.515. The Hall–Kier alpha value is 0.140. The summed E-state index contributed by atoms with van der Waals surface area (Å²) in [5.74, 6) is 0. The summed E-state index contributed by atoms with van der Waals surface area (Å²) in [5, 5.41) is 0. The van der Waals surface area contributed by atoms with Crippen molar-refractivity contribution in [3.05, 3.63) is 0 Å². The van der Waals surface area contributed by atoms with Gasteiger partial charge in [0.2, 0.25) is 0 Å². The first-order valence-corrected chi connectivity index (χ1v) is 3.60. The molecule has 0 amide bonds. The molecule has 0 heterocycles. The molecular formula is C6H12ClFO2. The number of rotatable bonds is 6. The fraction of sp³-hybridized carbons (Fsp3) is 1.00. The predicted octanol–water partition coefficient (Wildman–Crippen LogP) is 1.57. The normalized spacial score (nSPS) is 13.5. The third-order valence-electron chi connectivity index (χ3n) is 0.797. The van der Waals surface area contributed by atoms with E-state index in [0.29, 0.717) is 13.2 Å². The van der Waals surface area contributed by atoms with Gasteiger partial charge in [0.1, 0.15) is 12.2 Å². The standard InChI is InChI=1S/C6H12ClFO2/c1-6(7)10-5-4-9-3-2-8/h6H,2-5H2,1H3. The molecule has 62 valence electrons. The predicted molar refractivity (Wildman–Crippen MR) is 38.1 cm³/mol. The Balaban J connectivity index is 2.77. The number of halogens is 2. The molecule has 0 bridgehead atoms. The lowest BCUT2D eigenvalue weighted by atomic mass is 10.7. The van der Waals surface area contributed by atoms with Crippen LogP contribution in [0.4, 0.5) is 4.39 Å². The Labute approximate surface area is 65.3 Å². The summed E-state index contributed by atoms with van der Waals surface area (Å²) in [7, 11) is 0. The van der Waals surface area contributed by atoms with Crippen molar-refractivity contribution in [3.8, 4) is 0 Å². The number of hydrogen-bond donors (Lipinski definition) is 0. The smallest absolute Gasteiger partial charge is 0.128 e. The van der Waals surface area contributed by atoms with Crippen molar-refractivity contribution >= 4 is 11.6 Å². The molecule has 1 unspecified atom stereocenters. The van der Waals surface area contributed by atoms with E-state index in [1.54, 1.807) is 6.92 Å². The second kappa shape index (κ2) is 7.25. The fourth-order valence-electron chi connectivity index (χ4n) is 0.426. The van der Waals surface area contributed by atoms with Gasteiger partial charge < -0.3 is 9.47 Å². The van der Waals surface area contributed by atoms with Crippen LogP contribution in [0.15, 0.2) is 0 Å². The molecule has 0 aromatic heterocycles. The second-order valence-corrected chi connectivity index (χ2v) is 2.33. The zero-order valence-electron chi connectivity index (χ0n) is 5.98. The second-order valence-electron chi connectivity index (χ2n) is 1.72. The minimum absolute atomic E-state index is 0.139. The molecule has 0 aromatic carbocycles. The summed E-state index contributed by atoms with van der Waals surface area (Å²) in [4.78, 5) is 0. The summed E-state index contributed by atoms with van der Waals surface area (Å²) in [6.07, 6.45) is 0. The lowest BCUT2D eigenvalue weighted by Crippen LogP contribution is -2.08. The highest BCUT2D eigenvalue weighted by atomic mass is 35.5. The zero-order chi connectivity index (χ0) is 7.82. The lowest BCUT2D eigenvalue weighted by molar-refractivity contribution is 0.0358. The molecule has 0 aliphatic rings. The maximum atomic E-state index is 11.4. The monoisotopic (exact) mass is 170 g/mol. The van der Waals surface area contributed by atoms with Gasteiger partial charge in [-0.15, -0.1) is 0 Å². The van der Waals surface area contributed by atoms with E-state index in [9.17, 15) is 4.39 Å². The van der Waals surface area contributed by atoms with Crippen LogP contribution in [-0.2, 0) is 9.47 Å². The largest absolute Gasteiger partial charge is 0.376 e. The van der Waals surface area contributed by atoms with E-state index in [4.69, 9.17) is 21.1 Å². The molecule has 0 spiro atoms. The van der Waals surface area contributed by atoms with Crippen molar-refractivity contribution in [1.82, 2.24) is 0 Å². The highest BCUT2D eigenvalue weighted by molar-refractivity contribution is 6.19. The van der Waals surface area contributed by atoms with E-state index in [2.05, 4.69) is 0 Å². The van der Waals surface area contributed by atoms with Crippen LogP contribution >= 0.6 is 11.6 Å². The molecule has 0 radical (unpaired) electrons. The first kappa shape index (κ1) is 10.1. The zero-order valence-corrected chi connectivity index (χ0v) is 6.73. The molecule has 1 atom stereocenters. The Bertz CT molecular complexity index is 70.8. The quantitative estimate of drug-likeness (QED) is 0.445. The molecular weight excluding hydrogens is 159 g/mol. The van der Waals surface area contributed by atoms with Crippen molar-refractivity contribution < 1.29 is 13.9 Å². The van der Waals surface area contributed by atoms with Gasteiger partial charge in [-0.1, -0.05) is 11.6 Å². The van der Waals surface area contributed by atoms with Gasteiger partial charge in [0, 0.05) is 0 Å². The van der Waals surface area contributed by atoms with Gasteiger partial charge >= 0.3 is 0 Å². The van der Waals surface area contributed by atoms with Gasteiger partial charge in [-0.05, 0) is 6.92 Å². The van der Waals surface area contributed by atoms with E-state index in [1.165, 1.54) is 0 Å². The van der Waals surface area contributed by atoms with Crippen LogP contribution in [0.1, 0.15) is 6.92 Å². The number of hydrogen-bond acceptors (Lipinski definition) is 2. The van der Waals surface area contributed by atoms with Crippen molar-refractivity contribution in [3.63, 3.8) is 0 Å². The van der Waals surface area contributed by atoms with Crippen molar-refractivity contribution in [2.75, 3.05) is 26.5 Å². The summed E-state index contributed by atoms with van der Waals surface area (Å²) < 4.78 is 21.1. The Morgan fingerprint density at radius 1 is 1.40 bits per heavy atom. The summed E-state index contributed by atoms with van der Waals surface area (Å²) in [6.45, 7) is 2.23. The third kappa shape index (κ3) is 8.14. The first-order valence-electron chi connectivity index (χ1n) is 3.16. The topological polar surface area (TPSA) is 18.5 Å². The number of alkyl halides is 2. The molecule has 0 saturated carbocycles. The minimum Gasteiger partial charge on any atom is -0.376 e. The van der Waals surface area contributed by atoms with E-state index in [-0.39, 0.29) is 12.2 Å². The van der Waals surface area contributed by atoms with Gasteiger partial charge in [-0.2, -0.15) is 0 Å². The molecule has 4 heteroatoms. The maximum absolute atomic E-state index is 11.4. The van der Waals surface area contributed by atoms with Crippen LogP contribution in [0.5, 0.6) is 0 Å². The van der Waals surface area contributed by atoms with Gasteiger partial charge in [-0.3, -0.25) is 0 Å². The molecule has 0 fully saturated rings. The lowest BCUT2D eigenvalue weighted by Gasteiger charge is -2.04. The Kier molecular flexibility index (Phi) is 7.35. The average molecular weight is 171 g/mol. The van der Waals surface area contributed by atoms with Crippen molar-refractivity contribution in [2.24, 2.45) is 0 Å². The highest BCUT2D eigenvalue weighted by Gasteiger charge is 1.93. The van der Waals surface area contributed by atoms with E-state index in [0.717, 1.165) is 0 Å². The summed E-state index contributed by atoms with van der Waals surface area (Å²) >= 11 is 5.44. The number of ether oxygens (including phenoxy) is 2. The van der Waals surface area contributed by atoms with Crippen LogP contribution < -0.4 is 0 Å². The highest BCUT2D eigenvalue weighted by Crippen LogP contribution is 1.94. The van der Waals surface area contributed by atoms with E-state index in [1.807, 2.05) is 0 Å². The van der Waals surface area contributed by atoms with Crippen LogP contribution in [0.2, 0.25) is 0 Å². The van der Waals surface area contributed by atoms with Crippen LogP contribution in [0, 0.1) is 0 Å². The minimum atomic E-state index is -0.448. The van der Waals surface area contributed by atoms with Gasteiger partial charge in [0.15, 0.2) is 0 Å². The van der Waals surface area contributed by atoms with Crippen LogP contribution in [-0.4, -0.2) is 32.1 Å². The maximum Gasteiger partial charge on any atom is 0.128 e. The van der Waals surface area contributed by atoms with Crippen molar-refractivity contribution in [1.29, 1.82) is 0 Å². The molecule has 2 nitrogen and oxygen atoms in total. The molecule has 0 aliphatic heterocycles. The Morgan fingerprint density at radius 2 is 2.10 bits per heavy atom. The van der Waals surface area contributed by atoms with E-state index >= 15 is 0 Å². The molecule has 0 aliphatic carbocycles. The van der Waals surface area contributed by atoms with E-state index < -0.39 is 6.67 Å². The molecule has 10 heavy (non-hydrogen) atoms. The van der Waals surface area contributed by atoms with Crippen LogP contribution in [0.3, 0.4) is 0 Å². The van der Waals surface area contributed by atoms with Gasteiger partial charge in [0.25, 0.3) is 0 Å².